The van der Waals surface area contributed by atoms with Gasteiger partial charge in [-0.3, -0.25) is 0 Å². The number of nitrogens with two attached hydrogens (primary N) is 1. The van der Waals surface area contributed by atoms with Crippen molar-refractivity contribution in [2.75, 3.05) is 5.73 Å². The molecule has 1 aliphatic rings. The van der Waals surface area contributed by atoms with Crippen LogP contribution in [-0.2, 0) is 12.8 Å². The molecule has 3 rings (SSSR count). The quantitative estimate of drug-likeness (QED) is 0.830. The first-order valence-electron chi connectivity index (χ1n) is 6.96. The highest BCUT2D eigenvalue weighted by Gasteiger charge is 2.30. The van der Waals surface area contributed by atoms with Crippen molar-refractivity contribution in [3.63, 3.8) is 0 Å². The number of hydrogen-bond acceptors (Lipinski definition) is 3. The third kappa shape index (κ3) is 2.41. The van der Waals surface area contributed by atoms with E-state index < -0.39 is 0 Å². The first-order chi connectivity index (χ1) is 9.56. The van der Waals surface area contributed by atoms with Crippen molar-refractivity contribution in [3.05, 3.63) is 50.5 Å². The average Bonchev–Trinajstić information content (AvgIpc) is 2.36. The fourth-order valence-corrected chi connectivity index (χ4v) is 3.16. The van der Waals surface area contributed by atoms with Gasteiger partial charge in [0.15, 0.2) is 0 Å². The topological polar surface area (TPSA) is 51.8 Å². The van der Waals surface area contributed by atoms with Crippen LogP contribution in [0.15, 0.2) is 24.3 Å². The van der Waals surface area contributed by atoms with Gasteiger partial charge in [-0.25, -0.2) is 9.97 Å². The average molecular weight is 379 g/mol. The lowest BCUT2D eigenvalue weighted by Crippen LogP contribution is -2.22. The number of benzene rings is 1. The summed E-state index contributed by atoms with van der Waals surface area (Å²) < 4.78 is 1.01. The Kier molecular flexibility index (Phi) is 3.67. The smallest absolute Gasteiger partial charge is 0.140 e. The van der Waals surface area contributed by atoms with Gasteiger partial charge in [0.25, 0.3) is 0 Å². The second-order valence-electron chi connectivity index (χ2n) is 5.78. The Labute approximate surface area is 133 Å². The van der Waals surface area contributed by atoms with Crippen molar-refractivity contribution in [1.29, 1.82) is 0 Å². The molecular weight excluding hydrogens is 361 g/mol. The molecule has 0 aliphatic heterocycles. The molecule has 1 atom stereocenters. The van der Waals surface area contributed by atoms with Crippen LogP contribution in [0.3, 0.4) is 0 Å². The van der Waals surface area contributed by atoms with Crippen LogP contribution in [0.5, 0.6) is 0 Å². The van der Waals surface area contributed by atoms with Crippen LogP contribution in [0.2, 0.25) is 0 Å². The van der Waals surface area contributed by atoms with Gasteiger partial charge in [-0.05, 0) is 52.5 Å². The van der Waals surface area contributed by atoms with Crippen LogP contribution >= 0.6 is 22.6 Å². The van der Waals surface area contributed by atoms with E-state index in [1.807, 2.05) is 0 Å². The van der Waals surface area contributed by atoms with Crippen LogP contribution in [0, 0.1) is 9.49 Å². The van der Waals surface area contributed by atoms with Crippen LogP contribution in [-0.4, -0.2) is 9.97 Å². The molecule has 1 aromatic heterocycles. The Morgan fingerprint density at radius 1 is 1.30 bits per heavy atom. The third-order valence-corrected chi connectivity index (χ3v) is 4.91. The van der Waals surface area contributed by atoms with E-state index in [0.29, 0.717) is 17.7 Å². The van der Waals surface area contributed by atoms with Crippen LogP contribution < -0.4 is 5.73 Å². The maximum atomic E-state index is 6.08. The molecule has 104 valence electrons. The number of hydrogen-bond donors (Lipinski definition) is 1. The van der Waals surface area contributed by atoms with Gasteiger partial charge in [0.05, 0.1) is 9.26 Å². The summed E-state index contributed by atoms with van der Waals surface area (Å²) in [5, 5.41) is 0. The number of rotatable bonds is 3. The Balaban J connectivity index is 1.98. The highest BCUT2D eigenvalue weighted by Crippen LogP contribution is 2.39. The maximum Gasteiger partial charge on any atom is 0.140 e. The molecule has 1 aliphatic carbocycles. The molecule has 0 spiro atoms. The molecule has 20 heavy (non-hydrogen) atoms. The van der Waals surface area contributed by atoms with E-state index in [0.717, 1.165) is 27.9 Å². The summed E-state index contributed by atoms with van der Waals surface area (Å²) >= 11 is 2.26. The molecule has 2 N–H and O–H groups in total. The molecule has 3 nitrogen and oxygen atoms in total. The number of aromatic nitrogens is 2. The molecule has 4 heteroatoms. The highest BCUT2D eigenvalue weighted by atomic mass is 127. The molecule has 1 unspecified atom stereocenters. The number of halogens is 1. The van der Waals surface area contributed by atoms with Gasteiger partial charge in [0.2, 0.25) is 0 Å². The van der Waals surface area contributed by atoms with Crippen LogP contribution in [0.4, 0.5) is 5.82 Å². The molecule has 0 saturated heterocycles. The number of anilines is 1. The second-order valence-corrected chi connectivity index (χ2v) is 6.86. The summed E-state index contributed by atoms with van der Waals surface area (Å²) in [5.41, 5.74) is 9.92. The fraction of sp³-hybridized carbons (Fsp3) is 0.375. The predicted molar refractivity (Wildman–Crippen MR) is 89.7 cm³/mol. The number of nitrogens with zero attached hydrogens (tertiary/aromatic N) is 2. The Bertz CT molecular complexity index is 652. The Morgan fingerprint density at radius 3 is 2.75 bits per heavy atom. The molecule has 0 bridgehead atoms. The monoisotopic (exact) mass is 379 g/mol. The Hall–Kier alpha value is -1.17. The SMILES string of the molecule is CC(C)Cc1nc(C2Cc3ccccc32)nc(N)c1I. The molecule has 0 fully saturated rings. The molecule has 0 radical (unpaired) electrons. The van der Waals surface area contributed by atoms with Crippen molar-refractivity contribution in [2.24, 2.45) is 5.92 Å². The lowest BCUT2D eigenvalue weighted by molar-refractivity contribution is 0.610. The summed E-state index contributed by atoms with van der Waals surface area (Å²) in [6.07, 6.45) is 1.98. The van der Waals surface area contributed by atoms with E-state index in [-0.39, 0.29) is 0 Å². The highest BCUT2D eigenvalue weighted by molar-refractivity contribution is 14.1. The summed E-state index contributed by atoms with van der Waals surface area (Å²) in [6, 6.07) is 8.51. The van der Waals surface area contributed by atoms with E-state index in [4.69, 9.17) is 10.7 Å². The zero-order valence-electron chi connectivity index (χ0n) is 11.7. The summed E-state index contributed by atoms with van der Waals surface area (Å²) in [5.74, 6) is 2.39. The first kappa shape index (κ1) is 13.8. The molecule has 1 heterocycles. The zero-order chi connectivity index (χ0) is 14.3. The van der Waals surface area contributed by atoms with Gasteiger partial charge in [0.1, 0.15) is 11.6 Å². The van der Waals surface area contributed by atoms with Crippen molar-refractivity contribution >= 4 is 28.4 Å². The Morgan fingerprint density at radius 2 is 2.05 bits per heavy atom. The van der Waals surface area contributed by atoms with Crippen molar-refractivity contribution < 1.29 is 0 Å². The van der Waals surface area contributed by atoms with Gasteiger partial charge in [-0.1, -0.05) is 38.1 Å². The van der Waals surface area contributed by atoms with Gasteiger partial charge >= 0.3 is 0 Å². The zero-order valence-corrected chi connectivity index (χ0v) is 13.9. The van der Waals surface area contributed by atoms with E-state index in [9.17, 15) is 0 Å². The van der Waals surface area contributed by atoms with Gasteiger partial charge in [0, 0.05) is 5.92 Å². The lowest BCUT2D eigenvalue weighted by atomic mass is 9.77. The second kappa shape index (κ2) is 5.31. The minimum Gasteiger partial charge on any atom is -0.383 e. The standard InChI is InChI=1S/C16H18IN3/c1-9(2)7-13-14(17)15(18)20-16(19-13)12-8-10-5-3-4-6-11(10)12/h3-6,9,12H,7-8H2,1-2H3,(H2,18,19,20). The predicted octanol–water partition coefficient (Wildman–Crippen LogP) is 3.55. The first-order valence-corrected chi connectivity index (χ1v) is 8.03. The number of fused-ring (bicyclic) bond motifs is 1. The van der Waals surface area contributed by atoms with Crippen LogP contribution in [0.25, 0.3) is 0 Å². The minimum absolute atomic E-state index is 0.316. The van der Waals surface area contributed by atoms with Crippen molar-refractivity contribution in [1.82, 2.24) is 9.97 Å². The summed E-state index contributed by atoms with van der Waals surface area (Å²) in [7, 11) is 0. The largest absolute Gasteiger partial charge is 0.383 e. The van der Waals surface area contributed by atoms with Gasteiger partial charge in [-0.15, -0.1) is 0 Å². The van der Waals surface area contributed by atoms with Gasteiger partial charge < -0.3 is 5.73 Å². The molecule has 0 saturated carbocycles. The van der Waals surface area contributed by atoms with Crippen molar-refractivity contribution in [2.45, 2.75) is 32.6 Å². The summed E-state index contributed by atoms with van der Waals surface area (Å²) in [6.45, 7) is 4.40. The third-order valence-electron chi connectivity index (χ3n) is 3.73. The van der Waals surface area contributed by atoms with E-state index in [2.05, 4.69) is 65.7 Å². The molecular formula is C16H18IN3. The van der Waals surface area contributed by atoms with Crippen molar-refractivity contribution in [3.8, 4) is 0 Å². The molecule has 0 amide bonds. The van der Waals surface area contributed by atoms with E-state index in [1.165, 1.54) is 11.1 Å². The fourth-order valence-electron chi connectivity index (χ4n) is 2.70. The molecule has 2 aromatic rings. The number of nitrogen functional groups attached to an aromatic ring is 1. The lowest BCUT2D eigenvalue weighted by Gasteiger charge is -2.29. The molecule has 1 aromatic carbocycles. The van der Waals surface area contributed by atoms with Crippen LogP contribution in [0.1, 0.15) is 42.4 Å². The van der Waals surface area contributed by atoms with E-state index in [1.54, 1.807) is 0 Å². The normalized spacial score (nSPS) is 16.9. The summed E-state index contributed by atoms with van der Waals surface area (Å²) in [4.78, 5) is 9.32. The van der Waals surface area contributed by atoms with Gasteiger partial charge in [-0.2, -0.15) is 0 Å². The van der Waals surface area contributed by atoms with E-state index >= 15 is 0 Å². The minimum atomic E-state index is 0.316. The maximum absolute atomic E-state index is 6.08.